The Kier molecular flexibility index (Phi) is 5.67. The van der Waals surface area contributed by atoms with Crippen LogP contribution < -0.4 is 5.43 Å². The molecular formula is C22H25N3O3. The lowest BCUT2D eigenvalue weighted by atomic mass is 9.99. The highest BCUT2D eigenvalue weighted by Crippen LogP contribution is 2.22. The van der Waals surface area contributed by atoms with E-state index in [1.165, 1.54) is 16.3 Å². The highest BCUT2D eigenvalue weighted by Gasteiger charge is 2.25. The van der Waals surface area contributed by atoms with Gasteiger partial charge in [0.1, 0.15) is 0 Å². The first-order chi connectivity index (χ1) is 13.7. The van der Waals surface area contributed by atoms with Gasteiger partial charge >= 0.3 is 0 Å². The normalized spacial score (nSPS) is 20.0. The van der Waals surface area contributed by atoms with Gasteiger partial charge in [0.05, 0.1) is 12.7 Å². The summed E-state index contributed by atoms with van der Waals surface area (Å²) in [7, 11) is 0. The average molecular weight is 379 g/mol. The molecule has 1 N–H and O–H groups in total. The molecule has 1 atom stereocenters. The molecule has 2 aromatic carbocycles. The largest absolute Gasteiger partial charge is 0.374 e. The van der Waals surface area contributed by atoms with Gasteiger partial charge in [0.25, 0.3) is 0 Å². The molecule has 1 fully saturated rings. The number of nitrogens with zero attached hydrogens (tertiary/aromatic N) is 2. The molecule has 2 aliphatic heterocycles. The average Bonchev–Trinajstić information content (AvgIpc) is 2.74. The summed E-state index contributed by atoms with van der Waals surface area (Å²) in [4.78, 5) is 25.7. The van der Waals surface area contributed by atoms with E-state index in [0.717, 1.165) is 12.1 Å². The topological polar surface area (TPSA) is 71.0 Å². The first-order valence-corrected chi connectivity index (χ1v) is 9.89. The Hall–Kier alpha value is -2.73. The van der Waals surface area contributed by atoms with Crippen LogP contribution in [0.1, 0.15) is 31.2 Å². The minimum Gasteiger partial charge on any atom is -0.374 e. The molecule has 28 heavy (non-hydrogen) atoms. The zero-order chi connectivity index (χ0) is 19.3. The van der Waals surface area contributed by atoms with Gasteiger partial charge in [-0.2, -0.15) is 5.10 Å². The van der Waals surface area contributed by atoms with E-state index >= 15 is 0 Å². The molecule has 1 saturated heterocycles. The van der Waals surface area contributed by atoms with Crippen LogP contribution in [0, 0.1) is 0 Å². The number of amides is 2. The van der Waals surface area contributed by atoms with E-state index in [0.29, 0.717) is 45.4 Å². The van der Waals surface area contributed by atoms with E-state index in [9.17, 15) is 9.59 Å². The number of benzene rings is 2. The van der Waals surface area contributed by atoms with Crippen LogP contribution in [0.25, 0.3) is 10.8 Å². The van der Waals surface area contributed by atoms with E-state index in [4.69, 9.17) is 4.74 Å². The number of carbonyl (C=O) groups is 2. The second-order valence-corrected chi connectivity index (χ2v) is 7.39. The quantitative estimate of drug-likeness (QED) is 0.868. The van der Waals surface area contributed by atoms with Crippen LogP contribution >= 0.6 is 0 Å². The lowest BCUT2D eigenvalue weighted by molar-refractivity contribution is -0.138. The van der Waals surface area contributed by atoms with Crippen molar-refractivity contribution in [3.63, 3.8) is 0 Å². The number of hydrogen-bond acceptors (Lipinski definition) is 4. The summed E-state index contributed by atoms with van der Waals surface area (Å²) in [6, 6.07) is 14.7. The van der Waals surface area contributed by atoms with Crippen molar-refractivity contribution in [2.45, 2.75) is 38.2 Å². The maximum atomic E-state index is 12.6. The maximum Gasteiger partial charge on any atom is 0.240 e. The summed E-state index contributed by atoms with van der Waals surface area (Å²) in [6.07, 6.45) is 2.93. The maximum absolute atomic E-state index is 12.6. The van der Waals surface area contributed by atoms with Crippen LogP contribution in [0.2, 0.25) is 0 Å². The fourth-order valence-corrected chi connectivity index (χ4v) is 3.89. The van der Waals surface area contributed by atoms with Crippen molar-refractivity contribution in [3.05, 3.63) is 48.0 Å². The van der Waals surface area contributed by atoms with E-state index in [1.807, 2.05) is 11.0 Å². The van der Waals surface area contributed by atoms with Gasteiger partial charge in [0, 0.05) is 38.1 Å². The molecule has 0 bridgehead atoms. The van der Waals surface area contributed by atoms with Gasteiger partial charge in [0.15, 0.2) is 0 Å². The van der Waals surface area contributed by atoms with Gasteiger partial charge in [0.2, 0.25) is 11.8 Å². The van der Waals surface area contributed by atoms with Gasteiger partial charge in [-0.15, -0.1) is 0 Å². The summed E-state index contributed by atoms with van der Waals surface area (Å²) in [6.45, 7) is 1.82. The number of hydrazone groups is 1. The Morgan fingerprint density at radius 1 is 1.18 bits per heavy atom. The Balaban J connectivity index is 1.35. The van der Waals surface area contributed by atoms with E-state index in [-0.39, 0.29) is 17.9 Å². The molecule has 2 aromatic rings. The first kappa shape index (κ1) is 18.6. The zero-order valence-corrected chi connectivity index (χ0v) is 15.9. The van der Waals surface area contributed by atoms with Crippen molar-refractivity contribution in [1.29, 1.82) is 0 Å². The van der Waals surface area contributed by atoms with Gasteiger partial charge in [-0.1, -0.05) is 42.5 Å². The summed E-state index contributed by atoms with van der Waals surface area (Å²) in [5, 5.41) is 6.52. The molecule has 0 unspecified atom stereocenters. The highest BCUT2D eigenvalue weighted by molar-refractivity contribution is 5.94. The molecule has 2 aliphatic rings. The predicted molar refractivity (Wildman–Crippen MR) is 108 cm³/mol. The van der Waals surface area contributed by atoms with Gasteiger partial charge in [-0.3, -0.25) is 9.59 Å². The van der Waals surface area contributed by atoms with Crippen LogP contribution in [-0.2, 0) is 20.7 Å². The van der Waals surface area contributed by atoms with Crippen LogP contribution in [0.5, 0.6) is 0 Å². The number of ether oxygens (including phenoxy) is 1. The van der Waals surface area contributed by atoms with Crippen LogP contribution in [-0.4, -0.2) is 48.2 Å². The van der Waals surface area contributed by atoms with Gasteiger partial charge in [-0.05, 0) is 29.2 Å². The zero-order valence-electron chi connectivity index (χ0n) is 15.9. The molecule has 6 nitrogen and oxygen atoms in total. The monoisotopic (exact) mass is 379 g/mol. The lowest BCUT2D eigenvalue weighted by Gasteiger charge is -2.33. The molecule has 0 aliphatic carbocycles. The third kappa shape index (κ3) is 4.39. The van der Waals surface area contributed by atoms with Gasteiger partial charge in [-0.25, -0.2) is 5.43 Å². The third-order valence-corrected chi connectivity index (χ3v) is 5.43. The number of hydrogen-bond donors (Lipinski definition) is 1. The number of nitrogens with one attached hydrogen (secondary N) is 1. The fourth-order valence-electron chi connectivity index (χ4n) is 3.89. The molecule has 0 aromatic heterocycles. The molecule has 0 spiro atoms. The van der Waals surface area contributed by atoms with E-state index in [1.54, 1.807) is 0 Å². The van der Waals surface area contributed by atoms with E-state index < -0.39 is 0 Å². The Morgan fingerprint density at radius 3 is 2.89 bits per heavy atom. The first-order valence-electron chi connectivity index (χ1n) is 9.89. The summed E-state index contributed by atoms with van der Waals surface area (Å²) in [5.41, 5.74) is 4.64. The van der Waals surface area contributed by atoms with Crippen LogP contribution in [0.3, 0.4) is 0 Å². The summed E-state index contributed by atoms with van der Waals surface area (Å²) < 4.78 is 5.95. The van der Waals surface area contributed by atoms with Crippen molar-refractivity contribution >= 4 is 28.3 Å². The van der Waals surface area contributed by atoms with Crippen molar-refractivity contribution in [3.8, 4) is 0 Å². The molecule has 2 amide bonds. The fraction of sp³-hybridized carbons (Fsp3) is 0.409. The predicted octanol–water partition coefficient (Wildman–Crippen LogP) is 2.66. The number of morpholine rings is 1. The molecule has 146 valence electrons. The second-order valence-electron chi connectivity index (χ2n) is 7.39. The summed E-state index contributed by atoms with van der Waals surface area (Å²) >= 11 is 0. The van der Waals surface area contributed by atoms with Crippen molar-refractivity contribution in [1.82, 2.24) is 10.3 Å². The number of rotatable bonds is 5. The highest BCUT2D eigenvalue weighted by atomic mass is 16.5. The summed E-state index contributed by atoms with van der Waals surface area (Å²) in [5.74, 6) is 0.0744. The van der Waals surface area contributed by atoms with Crippen molar-refractivity contribution in [2.75, 3.05) is 19.7 Å². The minimum absolute atomic E-state index is 0.00909. The lowest BCUT2D eigenvalue weighted by Crippen LogP contribution is -2.46. The molecule has 6 heteroatoms. The third-order valence-electron chi connectivity index (χ3n) is 5.43. The van der Waals surface area contributed by atoms with Crippen LogP contribution in [0.15, 0.2) is 47.6 Å². The van der Waals surface area contributed by atoms with Crippen molar-refractivity contribution in [2.24, 2.45) is 5.10 Å². The molecule has 4 rings (SSSR count). The Labute approximate surface area is 164 Å². The smallest absolute Gasteiger partial charge is 0.240 e. The standard InChI is InChI=1S/C22H25N3O3/c26-21-10-8-18(23-24-21)9-11-22(27)25-12-13-28-19(15-25)14-17-6-3-5-16-4-1-2-7-20(16)17/h1-7,19H,8-15H2,(H,24,26)/t19-/m0/s1. The molecule has 2 heterocycles. The number of carbonyl (C=O) groups excluding carboxylic acids is 2. The Morgan fingerprint density at radius 2 is 2.04 bits per heavy atom. The minimum atomic E-state index is -0.0560. The van der Waals surface area contributed by atoms with E-state index in [2.05, 4.69) is 46.9 Å². The molecule has 0 saturated carbocycles. The Bertz CT molecular complexity index is 904. The van der Waals surface area contributed by atoms with Crippen molar-refractivity contribution < 1.29 is 14.3 Å². The second kappa shape index (κ2) is 8.52. The number of fused-ring (bicyclic) bond motifs is 1. The van der Waals surface area contributed by atoms with Gasteiger partial charge < -0.3 is 9.64 Å². The molecular weight excluding hydrogens is 354 g/mol. The van der Waals surface area contributed by atoms with Crippen LogP contribution in [0.4, 0.5) is 0 Å². The SMILES string of the molecule is O=C1CCC(CCC(=O)N2CCO[C@@H](Cc3cccc4ccccc34)C2)=NN1. The molecule has 0 radical (unpaired) electrons.